The topological polar surface area (TPSA) is 23.5 Å². The third-order valence-electron chi connectivity index (χ3n) is 4.13. The predicted octanol–water partition coefficient (Wildman–Crippen LogP) is 1.99. The number of para-hydroxylation sites is 1. The fourth-order valence-electron chi connectivity index (χ4n) is 3.17. The van der Waals surface area contributed by atoms with E-state index < -0.39 is 0 Å². The van der Waals surface area contributed by atoms with E-state index in [2.05, 4.69) is 41.3 Å². The van der Waals surface area contributed by atoms with Crippen molar-refractivity contribution in [1.82, 2.24) is 0 Å². The van der Waals surface area contributed by atoms with Gasteiger partial charge in [0, 0.05) is 12.2 Å². The quantitative estimate of drug-likeness (QED) is 0.860. The maximum Gasteiger partial charge on any atom is 0.0884 e. The third-order valence-corrected chi connectivity index (χ3v) is 4.13. The van der Waals surface area contributed by atoms with Gasteiger partial charge >= 0.3 is 0 Å². The van der Waals surface area contributed by atoms with Gasteiger partial charge < -0.3 is 10.0 Å². The molecule has 1 fully saturated rings. The maximum atomic E-state index is 10.1. The summed E-state index contributed by atoms with van der Waals surface area (Å²) in [6.45, 7) is 1.16. The van der Waals surface area contributed by atoms with E-state index >= 15 is 0 Å². The Morgan fingerprint density at radius 2 is 1.55 bits per heavy atom. The second-order valence-electron chi connectivity index (χ2n) is 5.15. The van der Waals surface area contributed by atoms with E-state index in [4.69, 9.17) is 0 Å². The van der Waals surface area contributed by atoms with Crippen LogP contribution in [0.15, 0.2) is 60.7 Å². The molecule has 20 heavy (non-hydrogen) atoms. The molecule has 1 atom stereocenters. The van der Waals surface area contributed by atoms with E-state index in [0.29, 0.717) is 0 Å². The number of benzene rings is 2. The third kappa shape index (κ3) is 2.34. The first kappa shape index (κ1) is 14.7. The molecule has 0 aromatic heterocycles. The molecule has 2 nitrogen and oxygen atoms in total. The Balaban J connectivity index is 0.00000147. The molecule has 3 rings (SSSR count). The van der Waals surface area contributed by atoms with Crippen LogP contribution in [0, 0.1) is 0 Å². The summed E-state index contributed by atoms with van der Waals surface area (Å²) in [5.74, 6) is 0. The van der Waals surface area contributed by atoms with Gasteiger partial charge in [0.1, 0.15) is 0 Å². The molecule has 0 bridgehead atoms. The van der Waals surface area contributed by atoms with Gasteiger partial charge in [-0.15, -0.1) is 0 Å². The van der Waals surface area contributed by atoms with Gasteiger partial charge in [-0.05, 0) is 30.5 Å². The summed E-state index contributed by atoms with van der Waals surface area (Å²) < 4.78 is 0. The number of nitrogens with zero attached hydrogens (tertiary/aromatic N) is 1. The van der Waals surface area contributed by atoms with E-state index in [9.17, 15) is 5.11 Å². The van der Waals surface area contributed by atoms with Crippen molar-refractivity contribution in [1.29, 1.82) is 0 Å². The number of aliphatic hydroxyl groups is 1. The minimum atomic E-state index is -0.261. The predicted molar refractivity (Wildman–Crippen MR) is 88.2 cm³/mol. The highest BCUT2D eigenvalue weighted by atomic mass is 16.3. The molecule has 2 aromatic carbocycles. The highest BCUT2D eigenvalue weighted by molar-refractivity contribution is 5.75. The van der Waals surface area contributed by atoms with Crippen LogP contribution in [0.25, 0.3) is 0 Å². The molecule has 1 aliphatic rings. The fraction of sp³-hybridized carbons (Fsp3) is 0.294. The van der Waals surface area contributed by atoms with Crippen LogP contribution < -0.4 is 4.90 Å². The molecule has 3 heteroatoms. The number of aliphatic hydroxyl groups excluding tert-OH is 1. The van der Waals surface area contributed by atoms with Crippen molar-refractivity contribution in [3.05, 3.63) is 66.2 Å². The zero-order valence-corrected chi connectivity index (χ0v) is 11.0. The Bertz CT molecular complexity index is 531. The van der Waals surface area contributed by atoms with E-state index in [1.165, 1.54) is 11.3 Å². The van der Waals surface area contributed by atoms with E-state index in [-0.39, 0.29) is 20.6 Å². The highest BCUT2D eigenvalue weighted by Crippen LogP contribution is 2.41. The summed E-state index contributed by atoms with van der Waals surface area (Å²) in [4.78, 5) is 2.35. The number of hydrogen-bond donors (Lipinski definition) is 1. The van der Waals surface area contributed by atoms with Crippen LogP contribution in [0.3, 0.4) is 0 Å². The Hall–Kier alpha value is -1.74. The summed E-state index contributed by atoms with van der Waals surface area (Å²) in [7, 11) is 0. The van der Waals surface area contributed by atoms with E-state index in [0.717, 1.165) is 19.4 Å². The molecule has 1 aliphatic heterocycles. The Labute approximate surface area is 122 Å². The average molecular weight is 267 g/mol. The first-order chi connectivity index (χ1) is 9.37. The fourth-order valence-corrected chi connectivity index (χ4v) is 3.17. The zero-order chi connectivity index (χ0) is 13.1. The van der Waals surface area contributed by atoms with Gasteiger partial charge in [0.25, 0.3) is 0 Å². The molecular weight excluding hydrogens is 245 g/mol. The standard InChI is InChI=1S/C17H19NO.BH3/c19-14-17(15-8-3-1-4-9-15)12-7-13-18(17)16-10-5-2-6-11-16;/h1-6,8-11,19H,7,12-14H2;1H3/t17-;/m1./s1. The largest absolute Gasteiger partial charge is 0.394 e. The average Bonchev–Trinajstić information content (AvgIpc) is 2.94. The molecule has 1 saturated heterocycles. The molecule has 0 amide bonds. The van der Waals surface area contributed by atoms with Gasteiger partial charge in [-0.3, -0.25) is 0 Å². The lowest BCUT2D eigenvalue weighted by Crippen LogP contribution is -2.44. The zero-order valence-electron chi connectivity index (χ0n) is 11.0. The van der Waals surface area contributed by atoms with Gasteiger partial charge in [-0.1, -0.05) is 48.5 Å². The van der Waals surface area contributed by atoms with Crippen LogP contribution >= 0.6 is 0 Å². The number of rotatable bonds is 3. The monoisotopic (exact) mass is 267 g/mol. The van der Waals surface area contributed by atoms with Crippen molar-refractivity contribution in [3.8, 4) is 0 Å². The molecule has 1 N–H and O–H groups in total. The molecule has 0 radical (unpaired) electrons. The van der Waals surface area contributed by atoms with Crippen LogP contribution in [0.5, 0.6) is 0 Å². The van der Waals surface area contributed by atoms with Gasteiger partial charge in [0.2, 0.25) is 0 Å². The lowest BCUT2D eigenvalue weighted by Gasteiger charge is -2.39. The molecule has 0 unspecified atom stereocenters. The van der Waals surface area contributed by atoms with Crippen LogP contribution in [0.4, 0.5) is 5.69 Å². The first-order valence-electron chi connectivity index (χ1n) is 6.86. The molecule has 0 spiro atoms. The van der Waals surface area contributed by atoms with Crippen LogP contribution in [0.1, 0.15) is 18.4 Å². The van der Waals surface area contributed by atoms with Crippen molar-refractivity contribution in [2.45, 2.75) is 18.4 Å². The summed E-state index contributed by atoms with van der Waals surface area (Å²) >= 11 is 0. The van der Waals surface area contributed by atoms with Crippen molar-refractivity contribution < 1.29 is 5.11 Å². The van der Waals surface area contributed by atoms with Crippen LogP contribution in [0.2, 0.25) is 0 Å². The molecular formula is C17H22BNO. The van der Waals surface area contributed by atoms with Gasteiger partial charge in [-0.25, -0.2) is 0 Å². The number of hydrogen-bond acceptors (Lipinski definition) is 2. The minimum Gasteiger partial charge on any atom is -0.394 e. The molecule has 0 aliphatic carbocycles. The van der Waals surface area contributed by atoms with Crippen molar-refractivity contribution in [2.24, 2.45) is 0 Å². The Morgan fingerprint density at radius 1 is 0.950 bits per heavy atom. The van der Waals surface area contributed by atoms with E-state index in [1.54, 1.807) is 0 Å². The highest BCUT2D eigenvalue weighted by Gasteiger charge is 2.41. The SMILES string of the molecule is B.OC[C@@]1(c2ccccc2)CCCN1c1ccccc1. The van der Waals surface area contributed by atoms with E-state index in [1.807, 2.05) is 24.3 Å². The molecule has 104 valence electrons. The minimum absolute atomic E-state index is 0. The van der Waals surface area contributed by atoms with Crippen LogP contribution in [-0.4, -0.2) is 26.7 Å². The summed E-state index contributed by atoms with van der Waals surface area (Å²) in [5.41, 5.74) is 2.14. The second kappa shape index (κ2) is 6.14. The van der Waals surface area contributed by atoms with Gasteiger partial charge in [-0.2, -0.15) is 0 Å². The van der Waals surface area contributed by atoms with Crippen molar-refractivity contribution in [2.75, 3.05) is 18.1 Å². The lowest BCUT2D eigenvalue weighted by atomic mass is 9.87. The van der Waals surface area contributed by atoms with Gasteiger partial charge in [0.15, 0.2) is 0 Å². The van der Waals surface area contributed by atoms with Gasteiger partial charge in [0.05, 0.1) is 20.6 Å². The normalized spacial score (nSPS) is 21.6. The molecule has 1 heterocycles. The molecule has 0 saturated carbocycles. The Morgan fingerprint density at radius 3 is 2.15 bits per heavy atom. The first-order valence-corrected chi connectivity index (χ1v) is 6.86. The number of anilines is 1. The smallest absolute Gasteiger partial charge is 0.0884 e. The Kier molecular flexibility index (Phi) is 4.51. The lowest BCUT2D eigenvalue weighted by molar-refractivity contribution is 0.198. The molecule has 2 aromatic rings. The van der Waals surface area contributed by atoms with Crippen LogP contribution in [-0.2, 0) is 5.54 Å². The van der Waals surface area contributed by atoms with Crippen molar-refractivity contribution in [3.63, 3.8) is 0 Å². The summed E-state index contributed by atoms with van der Waals surface area (Å²) in [6, 6.07) is 20.8. The van der Waals surface area contributed by atoms with Crippen molar-refractivity contribution >= 4 is 14.1 Å². The maximum absolute atomic E-state index is 10.1. The summed E-state index contributed by atoms with van der Waals surface area (Å²) in [6.07, 6.45) is 2.12. The second-order valence-corrected chi connectivity index (χ2v) is 5.15. The summed E-state index contributed by atoms with van der Waals surface area (Å²) in [5, 5.41) is 10.1.